The van der Waals surface area contributed by atoms with Crippen LogP contribution in [0.2, 0.25) is 0 Å². The van der Waals surface area contributed by atoms with Gasteiger partial charge in [0.25, 0.3) is 5.91 Å². The van der Waals surface area contributed by atoms with Gasteiger partial charge in [0, 0.05) is 13.6 Å². The summed E-state index contributed by atoms with van der Waals surface area (Å²) in [6.45, 7) is -0.304. The van der Waals surface area contributed by atoms with Crippen LogP contribution in [-0.2, 0) is 11.3 Å². The molecule has 0 aliphatic rings. The molecule has 0 saturated heterocycles. The summed E-state index contributed by atoms with van der Waals surface area (Å²) in [5.74, 6) is -7.21. The van der Waals surface area contributed by atoms with Gasteiger partial charge in [0.15, 0.2) is 0 Å². The van der Waals surface area contributed by atoms with Gasteiger partial charge in [0.1, 0.15) is 5.82 Å². The number of benzene rings is 1. The molecule has 0 aliphatic heterocycles. The average Bonchev–Trinajstić information content (AvgIpc) is 2.30. The number of carbonyl (C=O) groups excluding carboxylic acids is 1. The van der Waals surface area contributed by atoms with E-state index in [1.807, 2.05) is 0 Å². The van der Waals surface area contributed by atoms with E-state index in [0.29, 0.717) is 10.5 Å². The largest absolute Gasteiger partial charge is 0.383 e. The molecule has 1 amide bonds. The summed E-state index contributed by atoms with van der Waals surface area (Å²) >= 11 is 0. The quantitative estimate of drug-likeness (QED) is 0.768. The molecule has 0 aromatic heterocycles. The zero-order chi connectivity index (χ0) is 13.9. The van der Waals surface area contributed by atoms with Gasteiger partial charge in [-0.1, -0.05) is 12.1 Å². The molecule has 2 nitrogen and oxygen atoms in total. The van der Waals surface area contributed by atoms with Crippen LogP contribution in [0.4, 0.5) is 22.0 Å². The van der Waals surface area contributed by atoms with Crippen molar-refractivity contribution >= 4 is 5.91 Å². The smallest absolute Gasteiger partial charge is 0.336 e. The Kier molecular flexibility index (Phi) is 4.26. The number of alkyl halides is 4. The zero-order valence-corrected chi connectivity index (χ0v) is 9.34. The maximum atomic E-state index is 12.8. The van der Waals surface area contributed by atoms with Crippen molar-refractivity contribution in [3.63, 3.8) is 0 Å². The maximum Gasteiger partial charge on any atom is 0.383 e. The van der Waals surface area contributed by atoms with Crippen molar-refractivity contribution in [3.05, 3.63) is 35.6 Å². The van der Waals surface area contributed by atoms with Gasteiger partial charge in [-0.2, -0.15) is 8.78 Å². The second-order valence-corrected chi connectivity index (χ2v) is 3.71. The normalized spacial score (nSPS) is 11.7. The predicted molar refractivity (Wildman–Crippen MR) is 53.8 cm³/mol. The van der Waals surface area contributed by atoms with E-state index >= 15 is 0 Å². The minimum absolute atomic E-state index is 0.304. The van der Waals surface area contributed by atoms with Crippen LogP contribution in [0.15, 0.2) is 24.3 Å². The van der Waals surface area contributed by atoms with Crippen LogP contribution in [0.25, 0.3) is 0 Å². The van der Waals surface area contributed by atoms with E-state index in [1.54, 1.807) is 0 Å². The van der Waals surface area contributed by atoms with E-state index in [4.69, 9.17) is 0 Å². The molecule has 1 aromatic rings. The third-order valence-electron chi connectivity index (χ3n) is 2.24. The van der Waals surface area contributed by atoms with Crippen LogP contribution < -0.4 is 0 Å². The van der Waals surface area contributed by atoms with E-state index in [0.717, 1.165) is 19.2 Å². The molecule has 0 N–H and O–H groups in total. The summed E-state index contributed by atoms with van der Waals surface area (Å²) in [6, 6.07) is 4.72. The lowest BCUT2D eigenvalue weighted by Gasteiger charge is -2.22. The Bertz CT molecular complexity index is 418. The van der Waals surface area contributed by atoms with E-state index < -0.39 is 24.1 Å². The first-order valence-electron chi connectivity index (χ1n) is 4.91. The number of nitrogens with zero attached hydrogens (tertiary/aromatic N) is 1. The Balaban J connectivity index is 2.74. The first-order valence-corrected chi connectivity index (χ1v) is 4.91. The highest BCUT2D eigenvalue weighted by molar-refractivity contribution is 5.83. The Morgan fingerprint density at radius 3 is 2.22 bits per heavy atom. The monoisotopic (exact) mass is 267 g/mol. The van der Waals surface area contributed by atoms with Crippen LogP contribution >= 0.6 is 0 Å². The molecule has 0 aliphatic carbocycles. The summed E-state index contributed by atoms with van der Waals surface area (Å²) in [5.41, 5.74) is 0.359. The molecule has 0 heterocycles. The first-order chi connectivity index (χ1) is 8.25. The fourth-order valence-corrected chi connectivity index (χ4v) is 1.28. The maximum absolute atomic E-state index is 12.8. The lowest BCUT2D eigenvalue weighted by molar-refractivity contribution is -0.179. The molecule has 0 unspecified atom stereocenters. The summed E-state index contributed by atoms with van der Waals surface area (Å²) in [5, 5.41) is 0. The van der Waals surface area contributed by atoms with Crippen molar-refractivity contribution < 1.29 is 26.7 Å². The molecule has 0 atom stereocenters. The van der Waals surface area contributed by atoms with Crippen molar-refractivity contribution in [1.82, 2.24) is 4.90 Å². The van der Waals surface area contributed by atoms with Crippen LogP contribution in [0.1, 0.15) is 5.56 Å². The van der Waals surface area contributed by atoms with Gasteiger partial charge in [0.2, 0.25) is 0 Å². The van der Waals surface area contributed by atoms with Gasteiger partial charge in [-0.25, -0.2) is 13.2 Å². The molecule has 0 fully saturated rings. The highest BCUT2D eigenvalue weighted by Crippen LogP contribution is 2.25. The standard InChI is InChI=1S/C11H10F5NO/c1-17(10(18)11(15,16)9(13)14)6-7-2-4-8(12)5-3-7/h2-5,9H,6H2,1H3. The van der Waals surface area contributed by atoms with Crippen LogP contribution in [0, 0.1) is 5.82 Å². The third kappa shape index (κ3) is 3.18. The van der Waals surface area contributed by atoms with Gasteiger partial charge in [-0.15, -0.1) is 0 Å². The number of hydrogen-bond acceptors (Lipinski definition) is 1. The SMILES string of the molecule is CN(Cc1ccc(F)cc1)C(=O)C(F)(F)C(F)F. The average molecular weight is 267 g/mol. The van der Waals surface area contributed by atoms with Gasteiger partial charge >= 0.3 is 12.3 Å². The van der Waals surface area contributed by atoms with Crippen molar-refractivity contribution in [2.45, 2.75) is 18.9 Å². The van der Waals surface area contributed by atoms with Gasteiger partial charge in [-0.05, 0) is 17.7 Å². The number of hydrogen-bond donors (Lipinski definition) is 0. The van der Waals surface area contributed by atoms with E-state index in [-0.39, 0.29) is 6.54 Å². The summed E-state index contributed by atoms with van der Waals surface area (Å²) in [4.78, 5) is 11.6. The number of halogens is 5. The van der Waals surface area contributed by atoms with Gasteiger partial charge in [0.05, 0.1) is 0 Å². The molecular weight excluding hydrogens is 257 g/mol. The zero-order valence-electron chi connectivity index (χ0n) is 9.34. The molecule has 100 valence electrons. The molecular formula is C11H10F5NO. The van der Waals surface area contributed by atoms with E-state index in [1.165, 1.54) is 12.1 Å². The number of rotatable bonds is 4. The number of amides is 1. The summed E-state index contributed by atoms with van der Waals surface area (Å²) < 4.78 is 62.0. The Morgan fingerprint density at radius 1 is 1.28 bits per heavy atom. The van der Waals surface area contributed by atoms with Crippen molar-refractivity contribution in [1.29, 1.82) is 0 Å². The van der Waals surface area contributed by atoms with Crippen molar-refractivity contribution in [2.75, 3.05) is 7.05 Å². The molecule has 1 rings (SSSR count). The fraction of sp³-hybridized carbons (Fsp3) is 0.364. The second-order valence-electron chi connectivity index (χ2n) is 3.71. The highest BCUT2D eigenvalue weighted by atomic mass is 19.3. The lowest BCUT2D eigenvalue weighted by atomic mass is 10.2. The fourth-order valence-electron chi connectivity index (χ4n) is 1.28. The van der Waals surface area contributed by atoms with Crippen molar-refractivity contribution in [3.8, 4) is 0 Å². The van der Waals surface area contributed by atoms with E-state index in [9.17, 15) is 26.7 Å². The second kappa shape index (κ2) is 5.32. The van der Waals surface area contributed by atoms with Gasteiger partial charge in [-0.3, -0.25) is 4.79 Å². The van der Waals surface area contributed by atoms with Crippen LogP contribution in [0.5, 0.6) is 0 Å². The van der Waals surface area contributed by atoms with Crippen LogP contribution in [-0.4, -0.2) is 30.2 Å². The summed E-state index contributed by atoms with van der Waals surface area (Å²) in [6.07, 6.45) is -4.05. The van der Waals surface area contributed by atoms with Gasteiger partial charge < -0.3 is 4.90 Å². The van der Waals surface area contributed by atoms with Crippen molar-refractivity contribution in [2.24, 2.45) is 0 Å². The minimum atomic E-state index is -4.71. The molecule has 0 saturated carbocycles. The predicted octanol–water partition coefficient (Wildman–Crippen LogP) is 2.68. The molecule has 0 spiro atoms. The minimum Gasteiger partial charge on any atom is -0.336 e. The Hall–Kier alpha value is -1.66. The highest BCUT2D eigenvalue weighted by Gasteiger charge is 2.50. The lowest BCUT2D eigenvalue weighted by Crippen LogP contribution is -2.45. The Labute approximate surface area is 100 Å². The topological polar surface area (TPSA) is 20.3 Å². The molecule has 0 radical (unpaired) electrons. The third-order valence-corrected chi connectivity index (χ3v) is 2.24. The van der Waals surface area contributed by atoms with Crippen LogP contribution in [0.3, 0.4) is 0 Å². The first kappa shape index (κ1) is 14.4. The van der Waals surface area contributed by atoms with E-state index in [2.05, 4.69) is 0 Å². The Morgan fingerprint density at radius 2 is 1.78 bits per heavy atom. The molecule has 1 aromatic carbocycles. The summed E-state index contributed by atoms with van der Waals surface area (Å²) in [7, 11) is 0.974. The molecule has 7 heteroatoms. The molecule has 0 bridgehead atoms. The number of carbonyl (C=O) groups is 1. The molecule has 18 heavy (non-hydrogen) atoms.